The lowest BCUT2D eigenvalue weighted by atomic mass is 9.98. The van der Waals surface area contributed by atoms with E-state index in [2.05, 4.69) is 10.1 Å². The summed E-state index contributed by atoms with van der Waals surface area (Å²) in [5, 5.41) is 7.45. The van der Waals surface area contributed by atoms with E-state index in [4.69, 9.17) is 21.1 Å². The molecule has 0 N–H and O–H groups in total. The maximum Gasteiger partial charge on any atom is 0.242 e. The van der Waals surface area contributed by atoms with E-state index < -0.39 is 0 Å². The number of benzene rings is 2. The van der Waals surface area contributed by atoms with Crippen LogP contribution in [-0.2, 0) is 4.79 Å². The third-order valence-electron chi connectivity index (χ3n) is 5.23. The lowest BCUT2D eigenvalue weighted by Gasteiger charge is -2.22. The molecule has 0 unspecified atom stereocenters. The number of halogens is 1. The van der Waals surface area contributed by atoms with E-state index in [9.17, 15) is 4.79 Å². The predicted molar refractivity (Wildman–Crippen MR) is 117 cm³/mol. The van der Waals surface area contributed by atoms with Gasteiger partial charge in [0.2, 0.25) is 5.91 Å². The number of rotatable bonds is 5. The van der Waals surface area contributed by atoms with Gasteiger partial charge in [-0.3, -0.25) is 4.79 Å². The van der Waals surface area contributed by atoms with Gasteiger partial charge in [0.1, 0.15) is 16.7 Å². The average molecular weight is 424 g/mol. The van der Waals surface area contributed by atoms with E-state index in [1.807, 2.05) is 55.5 Å². The molecule has 7 heteroatoms. The molecule has 0 aliphatic carbocycles. The Morgan fingerprint density at radius 3 is 2.63 bits per heavy atom. The zero-order valence-corrected chi connectivity index (χ0v) is 17.8. The number of carbonyl (C=O) groups excluding carboxylic acids is 1. The zero-order chi connectivity index (χ0) is 21.3. The molecule has 1 aliphatic heterocycles. The maximum atomic E-state index is 12.7. The first kappa shape index (κ1) is 20.2. The Kier molecular flexibility index (Phi) is 5.59. The summed E-state index contributed by atoms with van der Waals surface area (Å²) in [7, 11) is 3.25. The molecule has 3 aromatic rings. The summed E-state index contributed by atoms with van der Waals surface area (Å²) in [4.78, 5) is 17.2. The Morgan fingerprint density at radius 2 is 1.90 bits per heavy atom. The molecule has 1 amide bonds. The molecular formula is C23H22ClN3O3. The number of ether oxygens (including phenoxy) is 2. The van der Waals surface area contributed by atoms with Gasteiger partial charge < -0.3 is 9.47 Å². The van der Waals surface area contributed by atoms with Gasteiger partial charge in [-0.25, -0.2) is 9.99 Å². The van der Waals surface area contributed by atoms with Crippen LogP contribution in [0.25, 0.3) is 10.9 Å². The molecule has 0 saturated carbocycles. The third kappa shape index (κ3) is 3.71. The first-order valence-electron chi connectivity index (χ1n) is 9.72. The minimum Gasteiger partial charge on any atom is -0.497 e. The first-order valence-corrected chi connectivity index (χ1v) is 10.1. The van der Waals surface area contributed by atoms with E-state index in [1.165, 1.54) is 5.01 Å². The van der Waals surface area contributed by atoms with Crippen LogP contribution in [0, 0.1) is 0 Å². The molecule has 0 fully saturated rings. The lowest BCUT2D eigenvalue weighted by Crippen LogP contribution is -2.26. The molecule has 0 saturated heterocycles. The molecule has 0 spiro atoms. The molecule has 0 bridgehead atoms. The standard InChI is InChI=1S/C23H22ClN3O3/c1-4-22(28)27-21(13-20(26-27)14-6-5-7-16(10-14)29-2)18-12-15-11-17(30-3)8-9-19(15)25-23(18)24/h5-12,21H,4,13H2,1-3H3/t21-/m1/s1. The van der Waals surface area contributed by atoms with Crippen molar-refractivity contribution in [2.24, 2.45) is 5.10 Å². The van der Waals surface area contributed by atoms with E-state index in [-0.39, 0.29) is 11.9 Å². The molecule has 6 nitrogen and oxygen atoms in total. The second kappa shape index (κ2) is 8.32. The average Bonchev–Trinajstić information content (AvgIpc) is 3.23. The van der Waals surface area contributed by atoms with Crippen LogP contribution in [0.2, 0.25) is 5.15 Å². The minimum atomic E-state index is -0.325. The highest BCUT2D eigenvalue weighted by Gasteiger charge is 2.34. The second-order valence-electron chi connectivity index (χ2n) is 7.02. The molecular weight excluding hydrogens is 402 g/mol. The maximum absolute atomic E-state index is 12.7. The monoisotopic (exact) mass is 423 g/mol. The van der Waals surface area contributed by atoms with Crippen LogP contribution in [0.5, 0.6) is 11.5 Å². The SMILES string of the molecule is CCC(=O)N1N=C(c2cccc(OC)c2)C[C@@H]1c1cc2cc(OC)ccc2nc1Cl. The lowest BCUT2D eigenvalue weighted by molar-refractivity contribution is -0.132. The van der Waals surface area contributed by atoms with Crippen molar-refractivity contribution in [3.05, 3.63) is 64.8 Å². The van der Waals surface area contributed by atoms with Gasteiger partial charge in [0, 0.05) is 29.4 Å². The first-order chi connectivity index (χ1) is 14.5. The number of amides is 1. The van der Waals surface area contributed by atoms with Crippen molar-refractivity contribution in [1.82, 2.24) is 9.99 Å². The summed E-state index contributed by atoms with van der Waals surface area (Å²) in [5.74, 6) is 1.41. The van der Waals surface area contributed by atoms with Gasteiger partial charge in [-0.2, -0.15) is 5.10 Å². The Labute approximate surface area is 180 Å². The van der Waals surface area contributed by atoms with E-state index in [0.29, 0.717) is 18.0 Å². The van der Waals surface area contributed by atoms with Crippen molar-refractivity contribution in [3.8, 4) is 11.5 Å². The fourth-order valence-electron chi connectivity index (χ4n) is 3.63. The number of hydrazone groups is 1. The van der Waals surface area contributed by atoms with E-state index >= 15 is 0 Å². The fraction of sp³-hybridized carbons (Fsp3) is 0.261. The molecule has 1 aromatic heterocycles. The van der Waals surface area contributed by atoms with Crippen molar-refractivity contribution in [3.63, 3.8) is 0 Å². The number of methoxy groups -OCH3 is 2. The van der Waals surface area contributed by atoms with Crippen LogP contribution >= 0.6 is 11.6 Å². The summed E-state index contributed by atoms with van der Waals surface area (Å²) < 4.78 is 10.7. The number of hydrogen-bond acceptors (Lipinski definition) is 5. The van der Waals surface area contributed by atoms with Crippen LogP contribution in [-0.4, -0.2) is 35.8 Å². The quantitative estimate of drug-likeness (QED) is 0.542. The van der Waals surface area contributed by atoms with Gasteiger partial charge in [0.25, 0.3) is 0 Å². The Hall–Kier alpha value is -3.12. The van der Waals surface area contributed by atoms with Gasteiger partial charge in [-0.15, -0.1) is 0 Å². The Bertz CT molecular complexity index is 1150. The van der Waals surface area contributed by atoms with Gasteiger partial charge in [0.15, 0.2) is 0 Å². The zero-order valence-electron chi connectivity index (χ0n) is 17.1. The van der Waals surface area contributed by atoms with Crippen molar-refractivity contribution >= 4 is 34.1 Å². The van der Waals surface area contributed by atoms with E-state index in [1.54, 1.807) is 14.2 Å². The van der Waals surface area contributed by atoms with Crippen LogP contribution in [0.15, 0.2) is 53.6 Å². The Morgan fingerprint density at radius 1 is 1.13 bits per heavy atom. The van der Waals surface area contributed by atoms with Gasteiger partial charge in [-0.1, -0.05) is 30.7 Å². The molecule has 2 heterocycles. The third-order valence-corrected chi connectivity index (χ3v) is 5.54. The highest BCUT2D eigenvalue weighted by molar-refractivity contribution is 6.30. The second-order valence-corrected chi connectivity index (χ2v) is 7.38. The number of pyridine rings is 1. The van der Waals surface area contributed by atoms with Crippen molar-refractivity contribution in [2.45, 2.75) is 25.8 Å². The van der Waals surface area contributed by atoms with Gasteiger partial charge in [-0.05, 0) is 36.4 Å². The van der Waals surface area contributed by atoms with Crippen molar-refractivity contribution in [1.29, 1.82) is 0 Å². The van der Waals surface area contributed by atoms with Crippen LogP contribution in [0.4, 0.5) is 0 Å². The molecule has 4 rings (SSSR count). The van der Waals surface area contributed by atoms with Crippen molar-refractivity contribution in [2.75, 3.05) is 14.2 Å². The van der Waals surface area contributed by atoms with E-state index in [0.717, 1.165) is 39.2 Å². The number of aromatic nitrogens is 1. The normalized spacial score (nSPS) is 15.9. The van der Waals surface area contributed by atoms with Crippen LogP contribution in [0.3, 0.4) is 0 Å². The minimum absolute atomic E-state index is 0.0697. The fourth-order valence-corrected chi connectivity index (χ4v) is 3.90. The number of nitrogens with zero attached hydrogens (tertiary/aromatic N) is 3. The number of carbonyl (C=O) groups is 1. The largest absolute Gasteiger partial charge is 0.497 e. The number of fused-ring (bicyclic) bond motifs is 1. The van der Waals surface area contributed by atoms with Crippen molar-refractivity contribution < 1.29 is 14.3 Å². The van der Waals surface area contributed by atoms with Gasteiger partial charge in [0.05, 0.1) is 31.5 Å². The molecule has 1 atom stereocenters. The molecule has 154 valence electrons. The molecule has 1 aliphatic rings. The topological polar surface area (TPSA) is 64.0 Å². The summed E-state index contributed by atoms with van der Waals surface area (Å²) in [6.07, 6.45) is 0.883. The molecule has 2 aromatic carbocycles. The number of hydrogen-bond donors (Lipinski definition) is 0. The highest BCUT2D eigenvalue weighted by atomic mass is 35.5. The summed E-state index contributed by atoms with van der Waals surface area (Å²) in [6, 6.07) is 14.9. The molecule has 30 heavy (non-hydrogen) atoms. The Balaban J connectivity index is 1.77. The van der Waals surface area contributed by atoms with Crippen LogP contribution in [0.1, 0.15) is 36.9 Å². The summed E-state index contributed by atoms with van der Waals surface area (Å²) in [5.41, 5.74) is 3.26. The predicted octanol–water partition coefficient (Wildman–Crippen LogP) is 4.99. The highest BCUT2D eigenvalue weighted by Crippen LogP contribution is 2.38. The van der Waals surface area contributed by atoms with Gasteiger partial charge >= 0.3 is 0 Å². The van der Waals surface area contributed by atoms with Crippen LogP contribution < -0.4 is 9.47 Å². The summed E-state index contributed by atoms with van der Waals surface area (Å²) in [6.45, 7) is 1.82. The summed E-state index contributed by atoms with van der Waals surface area (Å²) >= 11 is 6.56. The smallest absolute Gasteiger partial charge is 0.242 e. The molecule has 0 radical (unpaired) electrons.